The van der Waals surface area contributed by atoms with Gasteiger partial charge in [-0.05, 0) is 26.7 Å². The summed E-state index contributed by atoms with van der Waals surface area (Å²) in [5, 5.41) is 11.7. The molecular formula is C13H19N5O3S. The first-order valence-corrected chi connectivity index (χ1v) is 8.62. The van der Waals surface area contributed by atoms with Crippen molar-refractivity contribution >= 4 is 10.0 Å². The van der Waals surface area contributed by atoms with Gasteiger partial charge in [-0.2, -0.15) is 4.31 Å². The Morgan fingerprint density at radius 1 is 1.36 bits per heavy atom. The first kappa shape index (κ1) is 15.2. The Labute approximate surface area is 129 Å². The molecule has 1 saturated heterocycles. The van der Waals surface area contributed by atoms with E-state index in [2.05, 4.69) is 15.4 Å². The van der Waals surface area contributed by atoms with Crippen LogP contribution in [-0.2, 0) is 17.1 Å². The van der Waals surface area contributed by atoms with E-state index < -0.39 is 10.0 Å². The maximum Gasteiger partial charge on any atom is 0.248 e. The van der Waals surface area contributed by atoms with Gasteiger partial charge in [-0.1, -0.05) is 5.16 Å². The van der Waals surface area contributed by atoms with Gasteiger partial charge in [0.25, 0.3) is 0 Å². The highest BCUT2D eigenvalue weighted by atomic mass is 32.2. The topological polar surface area (TPSA) is 94.1 Å². The van der Waals surface area contributed by atoms with Crippen LogP contribution < -0.4 is 0 Å². The summed E-state index contributed by atoms with van der Waals surface area (Å²) in [6.07, 6.45) is 3.33. The van der Waals surface area contributed by atoms with Crippen molar-refractivity contribution < 1.29 is 12.9 Å². The van der Waals surface area contributed by atoms with Gasteiger partial charge in [0.15, 0.2) is 5.76 Å². The Morgan fingerprint density at radius 2 is 2.14 bits per heavy atom. The molecule has 1 atom stereocenters. The fourth-order valence-electron chi connectivity index (χ4n) is 3.01. The molecule has 120 valence electrons. The number of hydrogen-bond donors (Lipinski definition) is 0. The number of sulfonamides is 1. The van der Waals surface area contributed by atoms with Crippen molar-refractivity contribution in [2.24, 2.45) is 7.05 Å². The minimum atomic E-state index is -3.60. The number of nitrogens with zero attached hydrogens (tertiary/aromatic N) is 5. The summed E-state index contributed by atoms with van der Waals surface area (Å²) in [6.45, 7) is 4.17. The molecule has 0 unspecified atom stereocenters. The Balaban J connectivity index is 1.90. The second-order valence-corrected chi connectivity index (χ2v) is 7.53. The van der Waals surface area contributed by atoms with Crippen LogP contribution in [-0.4, -0.2) is 45.7 Å². The summed E-state index contributed by atoms with van der Waals surface area (Å²) in [5.41, 5.74) is 0.401. The summed E-state index contributed by atoms with van der Waals surface area (Å²) < 4.78 is 34.1. The van der Waals surface area contributed by atoms with Gasteiger partial charge < -0.3 is 9.09 Å². The summed E-state index contributed by atoms with van der Waals surface area (Å²) in [5.74, 6) is 1.20. The lowest BCUT2D eigenvalue weighted by molar-refractivity contribution is 0.305. The van der Waals surface area contributed by atoms with Crippen molar-refractivity contribution in [1.29, 1.82) is 0 Å². The fourth-order valence-corrected chi connectivity index (χ4v) is 4.82. The van der Waals surface area contributed by atoms with Gasteiger partial charge >= 0.3 is 0 Å². The lowest BCUT2D eigenvalue weighted by Gasteiger charge is -2.31. The van der Waals surface area contributed by atoms with Gasteiger partial charge in [0.05, 0.1) is 0 Å². The predicted octanol–water partition coefficient (Wildman–Crippen LogP) is 0.988. The normalized spacial score (nSPS) is 20.4. The molecule has 1 aliphatic heterocycles. The van der Waals surface area contributed by atoms with Gasteiger partial charge in [-0.25, -0.2) is 8.42 Å². The molecule has 22 heavy (non-hydrogen) atoms. The van der Waals surface area contributed by atoms with Crippen molar-refractivity contribution in [2.75, 3.05) is 13.1 Å². The van der Waals surface area contributed by atoms with Crippen LogP contribution in [0.2, 0.25) is 0 Å². The highest BCUT2D eigenvalue weighted by Gasteiger charge is 2.35. The quantitative estimate of drug-likeness (QED) is 0.835. The monoisotopic (exact) mass is 325 g/mol. The van der Waals surface area contributed by atoms with E-state index in [-0.39, 0.29) is 10.8 Å². The van der Waals surface area contributed by atoms with Gasteiger partial charge in [-0.3, -0.25) is 0 Å². The van der Waals surface area contributed by atoms with Crippen molar-refractivity contribution in [3.05, 3.63) is 23.6 Å². The van der Waals surface area contributed by atoms with Crippen LogP contribution in [0.5, 0.6) is 0 Å². The highest BCUT2D eigenvalue weighted by Crippen LogP contribution is 2.31. The zero-order valence-corrected chi connectivity index (χ0v) is 13.7. The van der Waals surface area contributed by atoms with Gasteiger partial charge in [-0.15, -0.1) is 10.2 Å². The van der Waals surface area contributed by atoms with Crippen LogP contribution in [0.15, 0.2) is 15.7 Å². The first-order chi connectivity index (χ1) is 10.4. The van der Waals surface area contributed by atoms with Crippen molar-refractivity contribution in [2.45, 2.75) is 37.5 Å². The molecule has 1 aliphatic rings. The Morgan fingerprint density at radius 3 is 2.73 bits per heavy atom. The second kappa shape index (κ2) is 5.47. The van der Waals surface area contributed by atoms with E-state index in [4.69, 9.17) is 4.52 Å². The highest BCUT2D eigenvalue weighted by molar-refractivity contribution is 7.89. The molecule has 0 radical (unpaired) electrons. The average molecular weight is 325 g/mol. The maximum atomic E-state index is 12.9. The minimum Gasteiger partial charge on any atom is -0.360 e. The summed E-state index contributed by atoms with van der Waals surface area (Å²) in [4.78, 5) is 0.186. The smallest absolute Gasteiger partial charge is 0.248 e. The maximum absolute atomic E-state index is 12.9. The Bertz CT molecular complexity index is 760. The third-order valence-electron chi connectivity index (χ3n) is 4.06. The van der Waals surface area contributed by atoms with Crippen molar-refractivity contribution in [1.82, 2.24) is 24.2 Å². The van der Waals surface area contributed by atoms with E-state index in [1.807, 2.05) is 11.6 Å². The largest absolute Gasteiger partial charge is 0.360 e. The van der Waals surface area contributed by atoms with Crippen molar-refractivity contribution in [3.8, 4) is 0 Å². The molecule has 1 fully saturated rings. The molecule has 0 saturated carbocycles. The van der Waals surface area contributed by atoms with E-state index in [0.29, 0.717) is 24.5 Å². The van der Waals surface area contributed by atoms with Gasteiger partial charge in [0.1, 0.15) is 22.7 Å². The minimum absolute atomic E-state index is 0.0523. The van der Waals surface area contributed by atoms with Crippen LogP contribution >= 0.6 is 0 Å². The molecule has 0 aromatic carbocycles. The number of hydrogen-bond acceptors (Lipinski definition) is 6. The van der Waals surface area contributed by atoms with Crippen LogP contribution in [0.4, 0.5) is 0 Å². The van der Waals surface area contributed by atoms with Crippen LogP contribution in [0.1, 0.15) is 36.0 Å². The van der Waals surface area contributed by atoms with E-state index in [0.717, 1.165) is 18.7 Å². The van der Waals surface area contributed by atoms with E-state index >= 15 is 0 Å². The Kier molecular flexibility index (Phi) is 3.77. The van der Waals surface area contributed by atoms with Crippen LogP contribution in [0.25, 0.3) is 0 Å². The number of piperidine rings is 1. The predicted molar refractivity (Wildman–Crippen MR) is 77.7 cm³/mol. The lowest BCUT2D eigenvalue weighted by atomic mass is 9.99. The van der Waals surface area contributed by atoms with Gasteiger partial charge in [0.2, 0.25) is 10.0 Å². The zero-order chi connectivity index (χ0) is 15.9. The number of aryl methyl sites for hydroxylation is 3. The first-order valence-electron chi connectivity index (χ1n) is 7.18. The fraction of sp³-hybridized carbons (Fsp3) is 0.615. The van der Waals surface area contributed by atoms with Gasteiger partial charge in [0, 0.05) is 26.1 Å². The third kappa shape index (κ3) is 2.44. The van der Waals surface area contributed by atoms with E-state index in [1.54, 1.807) is 20.2 Å². The number of rotatable bonds is 3. The molecule has 0 amide bonds. The molecule has 3 heterocycles. The summed E-state index contributed by atoms with van der Waals surface area (Å²) >= 11 is 0. The second-order valence-electron chi connectivity index (χ2n) is 5.66. The third-order valence-corrected chi connectivity index (χ3v) is 6.17. The molecule has 0 aliphatic carbocycles. The van der Waals surface area contributed by atoms with Crippen LogP contribution in [0.3, 0.4) is 0 Å². The van der Waals surface area contributed by atoms with Crippen LogP contribution in [0, 0.1) is 13.8 Å². The van der Waals surface area contributed by atoms with E-state index in [1.165, 1.54) is 4.31 Å². The average Bonchev–Trinajstić information content (AvgIpc) is 3.05. The molecule has 0 bridgehead atoms. The molecule has 9 heteroatoms. The molecule has 2 aromatic heterocycles. The summed E-state index contributed by atoms with van der Waals surface area (Å²) in [7, 11) is -1.73. The molecule has 2 aromatic rings. The molecule has 0 spiro atoms. The zero-order valence-electron chi connectivity index (χ0n) is 12.9. The Hall–Kier alpha value is -1.74. The SMILES string of the molecule is Cc1noc(C)c1S(=O)(=O)N1CCC[C@@H](c2nncn2C)C1. The van der Waals surface area contributed by atoms with E-state index in [9.17, 15) is 8.42 Å². The molecule has 8 nitrogen and oxygen atoms in total. The molecular weight excluding hydrogens is 306 g/mol. The lowest BCUT2D eigenvalue weighted by Crippen LogP contribution is -2.40. The number of aromatic nitrogens is 4. The molecule has 0 N–H and O–H groups in total. The van der Waals surface area contributed by atoms with Crippen molar-refractivity contribution in [3.63, 3.8) is 0 Å². The standard InChI is InChI=1S/C13H19N5O3S/c1-9-12(10(2)21-16-9)22(19,20)18-6-4-5-11(7-18)13-15-14-8-17(13)3/h8,11H,4-7H2,1-3H3/t11-/m1/s1. The summed E-state index contributed by atoms with van der Waals surface area (Å²) in [6, 6.07) is 0. The molecule has 3 rings (SSSR count).